The van der Waals surface area contributed by atoms with Gasteiger partial charge in [-0.1, -0.05) is 0 Å². The zero-order valence-electron chi connectivity index (χ0n) is 16.6. The van der Waals surface area contributed by atoms with Gasteiger partial charge in [-0.3, -0.25) is 14.8 Å². The highest BCUT2D eigenvalue weighted by molar-refractivity contribution is 5.80. The van der Waals surface area contributed by atoms with E-state index >= 15 is 0 Å². The average molecular weight is 388 g/mol. The first kappa shape index (κ1) is 20.7. The first-order chi connectivity index (χ1) is 13.1. The molecule has 3 rings (SSSR count). The number of halogens is 2. The second kappa shape index (κ2) is 9.98. The number of likely N-dealkylation sites (tertiary alicyclic amines) is 2. The van der Waals surface area contributed by atoms with E-state index < -0.39 is 6.43 Å². The summed E-state index contributed by atoms with van der Waals surface area (Å²) in [6.07, 6.45) is 4.19. The summed E-state index contributed by atoms with van der Waals surface area (Å²) >= 11 is 0. The number of ether oxygens (including phenoxy) is 1. The predicted molar refractivity (Wildman–Crippen MR) is 104 cm³/mol. The van der Waals surface area contributed by atoms with Crippen LogP contribution >= 0.6 is 0 Å². The lowest BCUT2D eigenvalue weighted by Crippen LogP contribution is -2.59. The number of nitrogens with zero attached hydrogens (tertiary/aromatic N) is 3. The topological polar surface area (TPSA) is 52.1 Å². The molecule has 3 fully saturated rings. The lowest BCUT2D eigenvalue weighted by atomic mass is 9.88. The number of piperidine rings is 1. The predicted octanol–water partition coefficient (Wildman–Crippen LogP) is 1.53. The minimum Gasteiger partial charge on any atom is -0.381 e. The van der Waals surface area contributed by atoms with Gasteiger partial charge in [0.2, 0.25) is 0 Å². The molecule has 0 aromatic heterocycles. The Balaban J connectivity index is 1.48. The van der Waals surface area contributed by atoms with Crippen LogP contribution in [0.4, 0.5) is 8.78 Å². The SMILES string of the molecule is CN=C(NCC1(N2CCCC2)CCOCC1)NC1CCN(CC(F)F)CC1. The van der Waals surface area contributed by atoms with Gasteiger partial charge in [-0.15, -0.1) is 0 Å². The van der Waals surface area contributed by atoms with E-state index in [1.165, 1.54) is 25.9 Å². The van der Waals surface area contributed by atoms with Gasteiger partial charge in [-0.05, 0) is 51.6 Å². The van der Waals surface area contributed by atoms with Crippen molar-refractivity contribution in [3.05, 3.63) is 0 Å². The first-order valence-corrected chi connectivity index (χ1v) is 10.4. The summed E-state index contributed by atoms with van der Waals surface area (Å²) in [6, 6.07) is 0.294. The van der Waals surface area contributed by atoms with E-state index in [9.17, 15) is 8.78 Å². The van der Waals surface area contributed by atoms with E-state index in [1.54, 1.807) is 7.05 Å². The molecule has 3 heterocycles. The third-order valence-electron chi connectivity index (χ3n) is 6.33. The van der Waals surface area contributed by atoms with Crippen molar-refractivity contribution < 1.29 is 13.5 Å². The minimum atomic E-state index is -2.25. The van der Waals surface area contributed by atoms with E-state index in [-0.39, 0.29) is 12.1 Å². The summed E-state index contributed by atoms with van der Waals surface area (Å²) in [5.74, 6) is 0.826. The molecule has 0 spiro atoms. The Morgan fingerprint density at radius 2 is 1.81 bits per heavy atom. The largest absolute Gasteiger partial charge is 0.381 e. The summed E-state index contributed by atoms with van der Waals surface area (Å²) in [5.41, 5.74) is 0.160. The fraction of sp³-hybridized carbons (Fsp3) is 0.947. The summed E-state index contributed by atoms with van der Waals surface area (Å²) < 4.78 is 30.7. The summed E-state index contributed by atoms with van der Waals surface area (Å²) in [5, 5.41) is 7.06. The molecular formula is C19H35F2N5O. The molecule has 27 heavy (non-hydrogen) atoms. The second-order valence-corrected chi connectivity index (χ2v) is 8.07. The van der Waals surface area contributed by atoms with Crippen molar-refractivity contribution in [3.8, 4) is 0 Å². The molecule has 3 saturated heterocycles. The van der Waals surface area contributed by atoms with Crippen LogP contribution in [-0.2, 0) is 4.74 Å². The number of aliphatic imine (C=N–C) groups is 1. The molecular weight excluding hydrogens is 352 g/mol. The molecule has 0 unspecified atom stereocenters. The fourth-order valence-corrected chi connectivity index (χ4v) is 4.64. The van der Waals surface area contributed by atoms with Gasteiger partial charge in [0, 0.05) is 51.5 Å². The lowest BCUT2D eigenvalue weighted by Gasteiger charge is -2.45. The van der Waals surface area contributed by atoms with Crippen molar-refractivity contribution in [1.29, 1.82) is 0 Å². The van der Waals surface area contributed by atoms with Crippen LogP contribution in [0.1, 0.15) is 38.5 Å². The Morgan fingerprint density at radius 1 is 1.15 bits per heavy atom. The maximum absolute atomic E-state index is 12.5. The van der Waals surface area contributed by atoms with Crippen LogP contribution in [0.25, 0.3) is 0 Å². The average Bonchev–Trinajstić information content (AvgIpc) is 3.22. The van der Waals surface area contributed by atoms with Crippen molar-refractivity contribution in [2.75, 3.05) is 59.5 Å². The van der Waals surface area contributed by atoms with E-state index in [1.807, 2.05) is 4.90 Å². The van der Waals surface area contributed by atoms with Crippen LogP contribution in [-0.4, -0.2) is 93.3 Å². The van der Waals surface area contributed by atoms with Crippen LogP contribution in [0.2, 0.25) is 0 Å². The molecule has 8 heteroatoms. The van der Waals surface area contributed by atoms with Crippen molar-refractivity contribution in [2.24, 2.45) is 4.99 Å². The van der Waals surface area contributed by atoms with E-state index in [0.29, 0.717) is 19.1 Å². The molecule has 0 atom stereocenters. The van der Waals surface area contributed by atoms with E-state index in [2.05, 4.69) is 20.5 Å². The normalized spacial score (nSPS) is 25.9. The van der Waals surface area contributed by atoms with Crippen LogP contribution in [0, 0.1) is 0 Å². The van der Waals surface area contributed by atoms with Crippen molar-refractivity contribution in [1.82, 2.24) is 20.4 Å². The van der Waals surface area contributed by atoms with Crippen molar-refractivity contribution >= 4 is 5.96 Å². The molecule has 0 aromatic carbocycles. The van der Waals surface area contributed by atoms with Crippen LogP contribution in [0.5, 0.6) is 0 Å². The maximum atomic E-state index is 12.5. The molecule has 6 nitrogen and oxygen atoms in total. The third kappa shape index (κ3) is 5.74. The van der Waals surface area contributed by atoms with Crippen LogP contribution in [0.3, 0.4) is 0 Å². The van der Waals surface area contributed by atoms with Gasteiger partial charge in [-0.2, -0.15) is 0 Å². The monoisotopic (exact) mass is 387 g/mol. The quantitative estimate of drug-likeness (QED) is 0.535. The smallest absolute Gasteiger partial charge is 0.251 e. The molecule has 3 aliphatic heterocycles. The Bertz CT molecular complexity index is 471. The number of guanidine groups is 1. The number of alkyl halides is 2. The highest BCUT2D eigenvalue weighted by Crippen LogP contribution is 2.30. The molecule has 0 aromatic rings. The van der Waals surface area contributed by atoms with Crippen LogP contribution < -0.4 is 10.6 Å². The van der Waals surface area contributed by atoms with Crippen molar-refractivity contribution in [2.45, 2.75) is 56.5 Å². The Morgan fingerprint density at radius 3 is 2.41 bits per heavy atom. The molecule has 3 aliphatic rings. The molecule has 0 bridgehead atoms. The third-order valence-corrected chi connectivity index (χ3v) is 6.33. The summed E-state index contributed by atoms with van der Waals surface area (Å²) in [7, 11) is 1.80. The van der Waals surface area contributed by atoms with Gasteiger partial charge in [-0.25, -0.2) is 8.78 Å². The summed E-state index contributed by atoms with van der Waals surface area (Å²) in [6.45, 7) is 6.20. The van der Waals surface area contributed by atoms with E-state index in [0.717, 1.165) is 51.4 Å². The van der Waals surface area contributed by atoms with Gasteiger partial charge in [0.05, 0.1) is 6.54 Å². The first-order valence-electron chi connectivity index (χ1n) is 10.4. The number of rotatable bonds is 6. The molecule has 0 saturated carbocycles. The van der Waals surface area contributed by atoms with Gasteiger partial charge < -0.3 is 15.4 Å². The molecule has 0 aliphatic carbocycles. The molecule has 156 valence electrons. The second-order valence-electron chi connectivity index (χ2n) is 8.07. The zero-order chi connectivity index (χ0) is 19.1. The standard InChI is InChI=1S/C19H35F2N5O/c1-22-18(24-16-4-10-25(11-5-16)14-17(20)21)23-15-19(6-12-27-13-7-19)26-8-2-3-9-26/h16-17H,2-15H2,1H3,(H2,22,23,24). The Kier molecular flexibility index (Phi) is 7.66. The van der Waals surface area contributed by atoms with Gasteiger partial charge in [0.25, 0.3) is 6.43 Å². The summed E-state index contributed by atoms with van der Waals surface area (Å²) in [4.78, 5) is 8.89. The molecule has 0 amide bonds. The lowest BCUT2D eigenvalue weighted by molar-refractivity contribution is -0.0164. The fourth-order valence-electron chi connectivity index (χ4n) is 4.64. The maximum Gasteiger partial charge on any atom is 0.251 e. The van der Waals surface area contributed by atoms with Gasteiger partial charge in [0.15, 0.2) is 5.96 Å². The Labute approximate surface area is 161 Å². The van der Waals surface area contributed by atoms with Crippen molar-refractivity contribution in [3.63, 3.8) is 0 Å². The molecule has 0 radical (unpaired) electrons. The number of nitrogens with one attached hydrogen (secondary N) is 2. The Hall–Kier alpha value is -0.990. The van der Waals surface area contributed by atoms with Crippen LogP contribution in [0.15, 0.2) is 4.99 Å². The molecule has 2 N–H and O–H groups in total. The van der Waals surface area contributed by atoms with Gasteiger partial charge >= 0.3 is 0 Å². The van der Waals surface area contributed by atoms with E-state index in [4.69, 9.17) is 4.74 Å². The minimum absolute atomic E-state index is 0.111. The highest BCUT2D eigenvalue weighted by Gasteiger charge is 2.39. The van der Waals surface area contributed by atoms with Gasteiger partial charge in [0.1, 0.15) is 0 Å². The highest BCUT2D eigenvalue weighted by atomic mass is 19.3. The number of hydrogen-bond donors (Lipinski definition) is 2. The number of hydrogen-bond acceptors (Lipinski definition) is 4. The zero-order valence-corrected chi connectivity index (χ0v) is 16.6.